The Kier molecular flexibility index (Phi) is 2.15. The first-order valence-electron chi connectivity index (χ1n) is 4.12. The van der Waals surface area contributed by atoms with Gasteiger partial charge in [-0.3, -0.25) is 4.68 Å². The smallest absolute Gasteiger partial charge is 0.356 e. The van der Waals surface area contributed by atoms with Crippen molar-refractivity contribution in [1.29, 1.82) is 0 Å². The van der Waals surface area contributed by atoms with Crippen LogP contribution in [0.4, 0.5) is 0 Å². The van der Waals surface area contributed by atoms with Gasteiger partial charge in [0, 0.05) is 11.8 Å². The van der Waals surface area contributed by atoms with Crippen molar-refractivity contribution in [2.24, 2.45) is 0 Å². The van der Waals surface area contributed by atoms with Crippen LogP contribution in [0.25, 0.3) is 0 Å². The highest BCUT2D eigenvalue weighted by Gasteiger charge is 2.19. The first-order valence-corrected chi connectivity index (χ1v) is 4.12. The lowest BCUT2D eigenvalue weighted by molar-refractivity contribution is 0.0688. The van der Waals surface area contributed by atoms with Gasteiger partial charge in [-0.1, -0.05) is 0 Å². The lowest BCUT2D eigenvalue weighted by atomic mass is 10.1. The molecule has 0 aromatic carbocycles. The summed E-state index contributed by atoms with van der Waals surface area (Å²) in [6.45, 7) is 7.68. The largest absolute Gasteiger partial charge is 0.476 e. The van der Waals surface area contributed by atoms with E-state index in [9.17, 15) is 4.79 Å². The van der Waals surface area contributed by atoms with Gasteiger partial charge in [-0.25, -0.2) is 4.79 Å². The first kappa shape index (κ1) is 9.77. The van der Waals surface area contributed by atoms with Crippen LogP contribution in [0.1, 0.15) is 36.8 Å². The molecule has 1 N–H and O–H groups in total. The summed E-state index contributed by atoms with van der Waals surface area (Å²) in [5.41, 5.74) is 0.663. The molecule has 4 nitrogen and oxygen atoms in total. The Hall–Kier alpha value is -1.32. The van der Waals surface area contributed by atoms with Gasteiger partial charge in [-0.2, -0.15) is 5.10 Å². The topological polar surface area (TPSA) is 55.1 Å². The molecule has 0 bridgehead atoms. The maximum atomic E-state index is 10.7. The number of nitrogens with zero attached hydrogens (tertiary/aromatic N) is 2. The average Bonchev–Trinajstić information content (AvgIpc) is 2.29. The molecule has 0 aliphatic heterocycles. The molecule has 0 fully saturated rings. The Balaban J connectivity index is 3.17. The van der Waals surface area contributed by atoms with Gasteiger partial charge in [0.05, 0.1) is 5.54 Å². The van der Waals surface area contributed by atoms with Gasteiger partial charge >= 0.3 is 5.97 Å². The van der Waals surface area contributed by atoms with Crippen molar-refractivity contribution in [3.63, 3.8) is 0 Å². The number of hydrogen-bond donors (Lipinski definition) is 1. The molecule has 1 heterocycles. The number of aromatic carboxylic acids is 1. The molecule has 0 aliphatic rings. The molecule has 0 saturated carbocycles. The third-order valence-electron chi connectivity index (χ3n) is 1.79. The standard InChI is InChI=1S/C9H14N2O2/c1-6-5-11(9(2,3)4)10-7(6)8(12)13/h5H,1-4H3,(H,12,13). The number of carboxylic acid groups (broad SMARTS) is 1. The number of carboxylic acids is 1. The molecule has 0 atom stereocenters. The molecule has 0 aliphatic carbocycles. The minimum Gasteiger partial charge on any atom is -0.476 e. The minimum absolute atomic E-state index is 0.134. The fourth-order valence-electron chi connectivity index (χ4n) is 1.02. The van der Waals surface area contributed by atoms with Crippen LogP contribution >= 0.6 is 0 Å². The fourth-order valence-corrected chi connectivity index (χ4v) is 1.02. The van der Waals surface area contributed by atoms with E-state index < -0.39 is 5.97 Å². The van der Waals surface area contributed by atoms with E-state index in [0.717, 1.165) is 0 Å². The summed E-state index contributed by atoms with van der Waals surface area (Å²) in [7, 11) is 0. The molecule has 4 heteroatoms. The summed E-state index contributed by atoms with van der Waals surface area (Å²) < 4.78 is 1.67. The molecule has 0 amide bonds. The molecular formula is C9H14N2O2. The van der Waals surface area contributed by atoms with Gasteiger partial charge in [0.15, 0.2) is 5.69 Å². The number of hydrogen-bond acceptors (Lipinski definition) is 2. The van der Waals surface area contributed by atoms with Crippen LogP contribution in [0.3, 0.4) is 0 Å². The number of aromatic nitrogens is 2. The third kappa shape index (κ3) is 1.88. The Bertz CT molecular complexity index is 334. The molecular weight excluding hydrogens is 168 g/mol. The zero-order chi connectivity index (χ0) is 10.2. The predicted molar refractivity (Wildman–Crippen MR) is 48.9 cm³/mol. The average molecular weight is 182 g/mol. The molecule has 0 spiro atoms. The zero-order valence-electron chi connectivity index (χ0n) is 8.33. The van der Waals surface area contributed by atoms with E-state index in [1.807, 2.05) is 20.8 Å². The van der Waals surface area contributed by atoms with E-state index in [4.69, 9.17) is 5.11 Å². The SMILES string of the molecule is Cc1cn(C(C)(C)C)nc1C(=O)O. The highest BCUT2D eigenvalue weighted by molar-refractivity contribution is 5.86. The van der Waals surface area contributed by atoms with Crippen LogP contribution in [-0.2, 0) is 5.54 Å². The van der Waals surface area contributed by atoms with E-state index in [1.54, 1.807) is 17.8 Å². The van der Waals surface area contributed by atoms with Crippen molar-refractivity contribution in [2.75, 3.05) is 0 Å². The molecule has 0 unspecified atom stereocenters. The van der Waals surface area contributed by atoms with Crippen LogP contribution in [0.15, 0.2) is 6.20 Å². The molecule has 72 valence electrons. The molecule has 1 aromatic heterocycles. The van der Waals surface area contributed by atoms with Crippen molar-refractivity contribution >= 4 is 5.97 Å². The van der Waals surface area contributed by atoms with Gasteiger partial charge in [-0.15, -0.1) is 0 Å². The second-order valence-electron chi connectivity index (χ2n) is 4.08. The fraction of sp³-hybridized carbons (Fsp3) is 0.556. The van der Waals surface area contributed by atoms with Crippen molar-refractivity contribution < 1.29 is 9.90 Å². The molecule has 1 rings (SSSR count). The van der Waals surface area contributed by atoms with Gasteiger partial charge < -0.3 is 5.11 Å². The Morgan fingerprint density at radius 3 is 2.31 bits per heavy atom. The highest BCUT2D eigenvalue weighted by Crippen LogP contribution is 2.15. The summed E-state index contributed by atoms with van der Waals surface area (Å²) in [6, 6.07) is 0. The lowest BCUT2D eigenvalue weighted by Crippen LogP contribution is -2.22. The van der Waals surface area contributed by atoms with E-state index >= 15 is 0 Å². The second-order valence-corrected chi connectivity index (χ2v) is 4.08. The number of carbonyl (C=O) groups is 1. The molecule has 13 heavy (non-hydrogen) atoms. The van der Waals surface area contributed by atoms with E-state index in [1.165, 1.54) is 0 Å². The summed E-state index contributed by atoms with van der Waals surface area (Å²) in [6.07, 6.45) is 1.75. The summed E-state index contributed by atoms with van der Waals surface area (Å²) in [4.78, 5) is 10.7. The maximum absolute atomic E-state index is 10.7. The molecule has 0 saturated heterocycles. The Morgan fingerprint density at radius 2 is 2.08 bits per heavy atom. The van der Waals surface area contributed by atoms with Crippen LogP contribution in [-0.4, -0.2) is 20.9 Å². The van der Waals surface area contributed by atoms with Crippen LogP contribution < -0.4 is 0 Å². The van der Waals surface area contributed by atoms with E-state index in [2.05, 4.69) is 5.10 Å². The second kappa shape index (κ2) is 2.87. The van der Waals surface area contributed by atoms with Gasteiger partial charge in [0.2, 0.25) is 0 Å². The van der Waals surface area contributed by atoms with Gasteiger partial charge in [0.1, 0.15) is 0 Å². The van der Waals surface area contributed by atoms with Crippen LogP contribution in [0.2, 0.25) is 0 Å². The Labute approximate surface area is 77.2 Å². The lowest BCUT2D eigenvalue weighted by Gasteiger charge is -2.18. The monoisotopic (exact) mass is 182 g/mol. The quantitative estimate of drug-likeness (QED) is 0.718. The van der Waals surface area contributed by atoms with Crippen LogP contribution in [0.5, 0.6) is 0 Å². The van der Waals surface area contributed by atoms with Gasteiger partial charge in [0.25, 0.3) is 0 Å². The van der Waals surface area contributed by atoms with Crippen molar-refractivity contribution in [2.45, 2.75) is 33.2 Å². The normalized spacial score (nSPS) is 11.7. The minimum atomic E-state index is -0.972. The summed E-state index contributed by atoms with van der Waals surface area (Å²) >= 11 is 0. The van der Waals surface area contributed by atoms with E-state index in [-0.39, 0.29) is 11.2 Å². The zero-order valence-corrected chi connectivity index (χ0v) is 8.33. The summed E-state index contributed by atoms with van der Waals surface area (Å²) in [5, 5.41) is 12.8. The van der Waals surface area contributed by atoms with Crippen molar-refractivity contribution in [3.8, 4) is 0 Å². The predicted octanol–water partition coefficient (Wildman–Crippen LogP) is 1.64. The van der Waals surface area contributed by atoms with E-state index in [0.29, 0.717) is 5.56 Å². The number of aryl methyl sites for hydroxylation is 1. The maximum Gasteiger partial charge on any atom is 0.356 e. The Morgan fingerprint density at radius 1 is 1.54 bits per heavy atom. The van der Waals surface area contributed by atoms with Crippen molar-refractivity contribution in [1.82, 2.24) is 9.78 Å². The highest BCUT2D eigenvalue weighted by atomic mass is 16.4. The molecule has 0 radical (unpaired) electrons. The summed E-state index contributed by atoms with van der Waals surface area (Å²) in [5.74, 6) is -0.972. The van der Waals surface area contributed by atoms with Gasteiger partial charge in [-0.05, 0) is 27.7 Å². The van der Waals surface area contributed by atoms with Crippen molar-refractivity contribution in [3.05, 3.63) is 17.5 Å². The van der Waals surface area contributed by atoms with Crippen LogP contribution in [0, 0.1) is 6.92 Å². The molecule has 1 aromatic rings. The third-order valence-corrected chi connectivity index (χ3v) is 1.79. The number of rotatable bonds is 1. The first-order chi connectivity index (χ1) is 5.82.